The second-order valence-electron chi connectivity index (χ2n) is 7.14. The van der Waals surface area contributed by atoms with Crippen LogP contribution < -0.4 is 0 Å². The monoisotopic (exact) mass is 488 g/mol. The predicted octanol–water partition coefficient (Wildman–Crippen LogP) is 6.38. The van der Waals surface area contributed by atoms with Gasteiger partial charge in [-0.15, -0.1) is 0 Å². The molecule has 1 aliphatic carbocycles. The van der Waals surface area contributed by atoms with Gasteiger partial charge in [-0.3, -0.25) is 0 Å². The molecule has 1 fully saturated rings. The van der Waals surface area contributed by atoms with Gasteiger partial charge in [-0.25, -0.2) is 4.99 Å². The van der Waals surface area contributed by atoms with E-state index < -0.39 is 9.93 Å². The van der Waals surface area contributed by atoms with Crippen molar-refractivity contribution in [2.75, 3.05) is 6.54 Å². The van der Waals surface area contributed by atoms with Crippen LogP contribution in [-0.4, -0.2) is 21.1 Å². The summed E-state index contributed by atoms with van der Waals surface area (Å²) in [6, 6.07) is 18.3. The van der Waals surface area contributed by atoms with Gasteiger partial charge < -0.3 is 4.74 Å². The maximum absolute atomic E-state index is 8.75. The van der Waals surface area contributed by atoms with Gasteiger partial charge in [0.15, 0.2) is 5.60 Å². The lowest BCUT2D eigenvalue weighted by atomic mass is 9.80. The summed E-state index contributed by atoms with van der Waals surface area (Å²) in [6.07, 6.45) is 2.00. The molecule has 0 N–H and O–H groups in total. The van der Waals surface area contributed by atoms with E-state index in [1.165, 1.54) is 0 Å². The molecule has 0 unspecified atom stereocenters. The van der Waals surface area contributed by atoms with E-state index in [9.17, 15) is 0 Å². The molecule has 7 heteroatoms. The van der Waals surface area contributed by atoms with Crippen LogP contribution in [0.15, 0.2) is 64.7 Å². The van der Waals surface area contributed by atoms with Gasteiger partial charge in [0.2, 0.25) is 5.90 Å². The van der Waals surface area contributed by atoms with Crippen molar-refractivity contribution in [1.82, 2.24) is 0 Å². The summed E-state index contributed by atoms with van der Waals surface area (Å²) in [4.78, 5) is 7.67. The Kier molecular flexibility index (Phi) is 4.57. The molecule has 2 aliphatic rings. The largest absolute Gasteiger partial charge is 0.462 e. The lowest BCUT2D eigenvalue weighted by Crippen LogP contribution is -2.49. The van der Waals surface area contributed by atoms with Crippen molar-refractivity contribution in [3.05, 3.63) is 76.2 Å². The predicted molar refractivity (Wildman–Crippen MR) is 114 cm³/mol. The standard InChI is InChI=1S/C20H18Br2N4O/c1-18(21,13-24-26-23)17-25-16-10-6-5-9-15(16)20(27-17,19(22)11-12-19)14-7-3-2-4-8-14/h2-10H,11-13H2,1H3/t18-,20+/m1/s1. The molecule has 4 rings (SSSR count). The molecular formula is C20H18Br2N4O. The number of para-hydroxylation sites is 1. The van der Waals surface area contributed by atoms with Gasteiger partial charge in [0.25, 0.3) is 0 Å². The number of rotatable bonds is 5. The van der Waals surface area contributed by atoms with Crippen molar-refractivity contribution in [2.45, 2.75) is 34.0 Å². The SMILES string of the molecule is C[C@@](Br)(CN=[N+]=[N-])C1=Nc2ccccc2[C@@](c2ccccc2)(C2(Br)CC2)O1. The number of alkyl halides is 2. The van der Waals surface area contributed by atoms with Gasteiger partial charge in [0.1, 0.15) is 4.32 Å². The van der Waals surface area contributed by atoms with Gasteiger partial charge in [-0.05, 0) is 31.4 Å². The van der Waals surface area contributed by atoms with Crippen LogP contribution in [-0.2, 0) is 10.3 Å². The Morgan fingerprint density at radius 1 is 1.19 bits per heavy atom. The molecule has 138 valence electrons. The molecule has 2 aromatic rings. The number of hydrogen-bond acceptors (Lipinski definition) is 3. The Bertz CT molecular complexity index is 949. The first kappa shape index (κ1) is 18.5. The smallest absolute Gasteiger partial charge is 0.207 e. The Balaban J connectivity index is 1.95. The average molecular weight is 490 g/mol. The lowest BCUT2D eigenvalue weighted by molar-refractivity contribution is 0.0772. The lowest BCUT2D eigenvalue weighted by Gasteiger charge is -2.45. The maximum atomic E-state index is 8.75. The van der Waals surface area contributed by atoms with Gasteiger partial charge in [-0.1, -0.05) is 85.5 Å². The van der Waals surface area contributed by atoms with E-state index in [4.69, 9.17) is 15.3 Å². The number of azide groups is 1. The summed E-state index contributed by atoms with van der Waals surface area (Å²) >= 11 is 7.66. The first-order valence-electron chi connectivity index (χ1n) is 8.75. The summed E-state index contributed by atoms with van der Waals surface area (Å²) in [5.41, 5.74) is 11.0. The molecule has 5 nitrogen and oxygen atoms in total. The van der Waals surface area contributed by atoms with Crippen LogP contribution >= 0.6 is 31.9 Å². The minimum absolute atomic E-state index is 0.199. The molecule has 1 aliphatic heterocycles. The molecule has 0 radical (unpaired) electrons. The minimum atomic E-state index is -0.703. The Labute approximate surface area is 174 Å². The molecule has 0 aromatic heterocycles. The van der Waals surface area contributed by atoms with Crippen LogP contribution in [0.2, 0.25) is 0 Å². The number of benzene rings is 2. The van der Waals surface area contributed by atoms with Crippen molar-refractivity contribution in [1.29, 1.82) is 0 Å². The third-order valence-electron chi connectivity index (χ3n) is 5.13. The van der Waals surface area contributed by atoms with Crippen LogP contribution in [0.3, 0.4) is 0 Å². The fourth-order valence-electron chi connectivity index (χ4n) is 3.60. The molecule has 1 heterocycles. The number of halogens is 2. The van der Waals surface area contributed by atoms with Crippen LogP contribution in [0.5, 0.6) is 0 Å². The van der Waals surface area contributed by atoms with E-state index in [1.54, 1.807) is 0 Å². The number of nitrogens with zero attached hydrogens (tertiary/aromatic N) is 4. The van der Waals surface area contributed by atoms with Crippen LogP contribution in [0.25, 0.3) is 10.4 Å². The average Bonchev–Trinajstić information content (AvgIpc) is 3.45. The summed E-state index contributed by atoms with van der Waals surface area (Å²) in [6.45, 7) is 2.11. The first-order chi connectivity index (χ1) is 12.9. The Morgan fingerprint density at radius 2 is 1.85 bits per heavy atom. The highest BCUT2D eigenvalue weighted by molar-refractivity contribution is 9.10. The molecule has 2 aromatic carbocycles. The van der Waals surface area contributed by atoms with E-state index in [2.05, 4.69) is 60.1 Å². The van der Waals surface area contributed by atoms with Crippen molar-refractivity contribution in [2.24, 2.45) is 10.1 Å². The van der Waals surface area contributed by atoms with Crippen LogP contribution in [0.1, 0.15) is 30.9 Å². The van der Waals surface area contributed by atoms with Crippen molar-refractivity contribution < 1.29 is 4.74 Å². The normalized spacial score (nSPS) is 24.5. The second kappa shape index (κ2) is 6.66. The molecule has 0 spiro atoms. The molecule has 0 saturated heterocycles. The van der Waals surface area contributed by atoms with E-state index >= 15 is 0 Å². The van der Waals surface area contributed by atoms with E-state index in [0.29, 0.717) is 5.90 Å². The molecule has 0 bridgehead atoms. The minimum Gasteiger partial charge on any atom is -0.462 e. The quantitative estimate of drug-likeness (QED) is 0.208. The van der Waals surface area contributed by atoms with Crippen molar-refractivity contribution >= 4 is 43.4 Å². The third kappa shape index (κ3) is 2.98. The zero-order chi connectivity index (χ0) is 19.1. The number of fused-ring (bicyclic) bond motifs is 1. The summed E-state index contributed by atoms with van der Waals surface area (Å²) in [5.74, 6) is 0.517. The summed E-state index contributed by atoms with van der Waals surface area (Å²) in [7, 11) is 0. The number of aliphatic imine (C=N–C) groups is 1. The Morgan fingerprint density at radius 3 is 2.52 bits per heavy atom. The van der Waals surface area contributed by atoms with E-state index in [-0.39, 0.29) is 10.9 Å². The second-order valence-corrected chi connectivity index (χ2v) is 10.4. The maximum Gasteiger partial charge on any atom is 0.207 e. The van der Waals surface area contributed by atoms with Crippen molar-refractivity contribution in [3.8, 4) is 0 Å². The van der Waals surface area contributed by atoms with Crippen LogP contribution in [0.4, 0.5) is 5.69 Å². The third-order valence-corrected chi connectivity index (χ3v) is 7.07. The van der Waals surface area contributed by atoms with Crippen LogP contribution in [0, 0.1) is 0 Å². The Hall–Kier alpha value is -1.82. The summed E-state index contributed by atoms with van der Waals surface area (Å²) < 4.78 is 5.84. The van der Waals surface area contributed by atoms with E-state index in [1.807, 2.05) is 43.3 Å². The van der Waals surface area contributed by atoms with Gasteiger partial charge in [0.05, 0.1) is 10.0 Å². The zero-order valence-electron chi connectivity index (χ0n) is 14.8. The number of ether oxygens (including phenoxy) is 1. The highest BCUT2D eigenvalue weighted by Crippen LogP contribution is 2.64. The van der Waals surface area contributed by atoms with Crippen molar-refractivity contribution in [3.63, 3.8) is 0 Å². The molecule has 1 saturated carbocycles. The summed E-state index contributed by atoms with van der Waals surface area (Å²) in [5, 5.41) is 3.73. The number of hydrogen-bond donors (Lipinski definition) is 0. The first-order valence-corrected chi connectivity index (χ1v) is 10.3. The van der Waals surface area contributed by atoms with Gasteiger partial charge >= 0.3 is 0 Å². The van der Waals surface area contributed by atoms with Gasteiger partial charge in [0, 0.05) is 22.6 Å². The molecule has 0 amide bonds. The van der Waals surface area contributed by atoms with Gasteiger partial charge in [-0.2, -0.15) is 0 Å². The fraction of sp³-hybridized carbons (Fsp3) is 0.350. The molecule has 27 heavy (non-hydrogen) atoms. The molecular weight excluding hydrogens is 472 g/mol. The highest BCUT2D eigenvalue weighted by atomic mass is 79.9. The topological polar surface area (TPSA) is 70.4 Å². The fourth-order valence-corrected chi connectivity index (χ4v) is 4.60. The zero-order valence-corrected chi connectivity index (χ0v) is 17.9. The van der Waals surface area contributed by atoms with E-state index in [0.717, 1.165) is 29.7 Å². The highest BCUT2D eigenvalue weighted by Gasteiger charge is 2.64. The molecule has 2 atom stereocenters.